The van der Waals surface area contributed by atoms with Crippen LogP contribution in [0.5, 0.6) is 11.5 Å². The third-order valence-corrected chi connectivity index (χ3v) is 2.97. The third-order valence-electron chi connectivity index (χ3n) is 2.69. The van der Waals surface area contributed by atoms with Crippen LogP contribution in [0.1, 0.15) is 15.9 Å². The maximum atomic E-state index is 11.8. The average Bonchev–Trinajstić information content (AvgIpc) is 2.51. The first kappa shape index (κ1) is 14.9. The largest absolute Gasteiger partial charge is 0.503 e. The number of nitrogens with one attached hydrogen (secondary N) is 1. The van der Waals surface area contributed by atoms with E-state index >= 15 is 0 Å². The molecule has 0 aliphatic rings. The average molecular weight is 305 g/mol. The summed E-state index contributed by atoms with van der Waals surface area (Å²) in [6.07, 6.45) is 1.41. The molecule has 0 fully saturated rings. The molecule has 108 valence electrons. The van der Waals surface area contributed by atoms with Crippen molar-refractivity contribution in [3.63, 3.8) is 0 Å². The number of halogens is 1. The van der Waals surface area contributed by atoms with Gasteiger partial charge in [0.25, 0.3) is 5.91 Å². The summed E-state index contributed by atoms with van der Waals surface area (Å²) >= 11 is 5.86. The zero-order valence-electron chi connectivity index (χ0n) is 11.2. The highest BCUT2D eigenvalue weighted by Gasteiger charge is 2.08. The number of benzene rings is 2. The Labute approximate surface area is 126 Å². The fourth-order valence-corrected chi connectivity index (χ4v) is 1.86. The molecule has 0 spiro atoms. The molecule has 0 unspecified atom stereocenters. The Bertz CT molecular complexity index is 672. The number of methoxy groups -OCH3 is 1. The fraction of sp³-hybridized carbons (Fsp3) is 0.0667. The van der Waals surface area contributed by atoms with Gasteiger partial charge in [-0.3, -0.25) is 4.79 Å². The van der Waals surface area contributed by atoms with Gasteiger partial charge < -0.3 is 9.84 Å². The molecule has 6 heteroatoms. The van der Waals surface area contributed by atoms with Crippen LogP contribution >= 0.6 is 11.6 Å². The van der Waals surface area contributed by atoms with Gasteiger partial charge in [-0.05, 0) is 29.8 Å². The molecule has 2 aromatic rings. The number of ether oxygens (including phenoxy) is 1. The number of phenols is 1. The number of nitrogens with zero attached hydrogens (tertiary/aromatic N) is 1. The van der Waals surface area contributed by atoms with E-state index < -0.39 is 0 Å². The molecule has 0 aliphatic carbocycles. The Balaban J connectivity index is 2.08. The van der Waals surface area contributed by atoms with Crippen molar-refractivity contribution in [3.8, 4) is 11.5 Å². The smallest absolute Gasteiger partial charge is 0.271 e. The van der Waals surface area contributed by atoms with Crippen molar-refractivity contribution >= 4 is 23.7 Å². The normalized spacial score (nSPS) is 10.6. The summed E-state index contributed by atoms with van der Waals surface area (Å²) in [5.41, 5.74) is 3.50. The van der Waals surface area contributed by atoms with Gasteiger partial charge in [0, 0.05) is 5.56 Å². The van der Waals surface area contributed by atoms with Gasteiger partial charge in [-0.1, -0.05) is 29.8 Å². The molecular formula is C15H13ClN2O3. The van der Waals surface area contributed by atoms with Crippen LogP contribution in [-0.2, 0) is 0 Å². The minimum absolute atomic E-state index is 0.135. The maximum absolute atomic E-state index is 11.8. The van der Waals surface area contributed by atoms with Crippen molar-refractivity contribution in [1.29, 1.82) is 0 Å². The molecule has 0 atom stereocenters. The number of rotatable bonds is 4. The van der Waals surface area contributed by atoms with Gasteiger partial charge in [-0.25, -0.2) is 5.43 Å². The van der Waals surface area contributed by atoms with Gasteiger partial charge in [0.2, 0.25) is 0 Å². The Morgan fingerprint density at radius 1 is 1.33 bits per heavy atom. The standard InChI is InChI=1S/C15H13ClN2O3/c1-21-13-8-10(7-12(16)14(13)19)9-17-18-15(20)11-5-3-2-4-6-11/h2-9,19H,1H3,(H,18,20). The lowest BCUT2D eigenvalue weighted by Crippen LogP contribution is -2.17. The van der Waals surface area contributed by atoms with Gasteiger partial charge in [-0.15, -0.1) is 0 Å². The van der Waals surface area contributed by atoms with Crippen LogP contribution in [0, 0.1) is 0 Å². The number of hydrogen-bond donors (Lipinski definition) is 2. The molecule has 2 N–H and O–H groups in total. The third kappa shape index (κ3) is 3.73. The second-order valence-corrected chi connectivity index (χ2v) is 4.53. The van der Waals surface area contributed by atoms with Crippen LogP contribution in [0.4, 0.5) is 0 Å². The van der Waals surface area contributed by atoms with E-state index in [1.165, 1.54) is 19.4 Å². The first-order valence-corrected chi connectivity index (χ1v) is 6.44. The lowest BCUT2D eigenvalue weighted by atomic mass is 10.2. The quantitative estimate of drug-likeness (QED) is 0.674. The molecule has 2 rings (SSSR count). The number of hydrogen-bond acceptors (Lipinski definition) is 4. The number of aromatic hydroxyl groups is 1. The summed E-state index contributed by atoms with van der Waals surface area (Å²) < 4.78 is 4.98. The number of carbonyl (C=O) groups excluding carboxylic acids is 1. The lowest BCUT2D eigenvalue weighted by molar-refractivity contribution is 0.0955. The first-order valence-electron chi connectivity index (χ1n) is 6.06. The highest BCUT2D eigenvalue weighted by molar-refractivity contribution is 6.32. The molecule has 2 aromatic carbocycles. The second kappa shape index (κ2) is 6.76. The molecule has 0 aliphatic heterocycles. The van der Waals surface area contributed by atoms with Crippen LogP contribution in [0.25, 0.3) is 0 Å². The number of amides is 1. The van der Waals surface area contributed by atoms with Crippen LogP contribution in [0.2, 0.25) is 5.02 Å². The van der Waals surface area contributed by atoms with Crippen molar-refractivity contribution in [3.05, 3.63) is 58.6 Å². The van der Waals surface area contributed by atoms with E-state index in [-0.39, 0.29) is 22.4 Å². The van der Waals surface area contributed by atoms with Crippen molar-refractivity contribution in [2.24, 2.45) is 5.10 Å². The summed E-state index contributed by atoms with van der Waals surface area (Å²) in [6, 6.07) is 11.8. The number of hydrazone groups is 1. The van der Waals surface area contributed by atoms with E-state index in [0.29, 0.717) is 11.1 Å². The van der Waals surface area contributed by atoms with Gasteiger partial charge in [0.1, 0.15) is 0 Å². The number of phenolic OH excluding ortho intramolecular Hbond substituents is 1. The molecular weight excluding hydrogens is 292 g/mol. The molecule has 5 nitrogen and oxygen atoms in total. The predicted octanol–water partition coefficient (Wildman–Crippen LogP) is 2.82. The van der Waals surface area contributed by atoms with Crippen molar-refractivity contribution < 1.29 is 14.6 Å². The minimum atomic E-state index is -0.316. The van der Waals surface area contributed by atoms with Gasteiger partial charge in [-0.2, -0.15) is 5.10 Å². The Hall–Kier alpha value is -2.53. The van der Waals surface area contributed by atoms with Crippen LogP contribution in [0.15, 0.2) is 47.6 Å². The highest BCUT2D eigenvalue weighted by atomic mass is 35.5. The molecule has 0 saturated heterocycles. The highest BCUT2D eigenvalue weighted by Crippen LogP contribution is 2.34. The second-order valence-electron chi connectivity index (χ2n) is 4.12. The van der Waals surface area contributed by atoms with Gasteiger partial charge in [0.15, 0.2) is 11.5 Å². The van der Waals surface area contributed by atoms with Gasteiger partial charge in [0.05, 0.1) is 18.3 Å². The molecule has 1 amide bonds. The molecule has 0 radical (unpaired) electrons. The summed E-state index contributed by atoms with van der Waals surface area (Å²) in [6.45, 7) is 0. The molecule has 0 heterocycles. The lowest BCUT2D eigenvalue weighted by Gasteiger charge is -2.06. The summed E-state index contributed by atoms with van der Waals surface area (Å²) in [5.74, 6) is -0.216. The fourth-order valence-electron chi connectivity index (χ4n) is 1.64. The zero-order valence-corrected chi connectivity index (χ0v) is 12.0. The van der Waals surface area contributed by atoms with Crippen LogP contribution in [0.3, 0.4) is 0 Å². The first-order chi connectivity index (χ1) is 10.1. The topological polar surface area (TPSA) is 70.9 Å². The van der Waals surface area contributed by atoms with E-state index in [9.17, 15) is 9.90 Å². The Morgan fingerprint density at radius 3 is 2.71 bits per heavy atom. The molecule has 21 heavy (non-hydrogen) atoms. The summed E-state index contributed by atoms with van der Waals surface area (Å²) in [4.78, 5) is 11.8. The van der Waals surface area contributed by atoms with Crippen LogP contribution in [-0.4, -0.2) is 24.3 Å². The Kier molecular flexibility index (Phi) is 4.79. The van der Waals surface area contributed by atoms with Crippen molar-refractivity contribution in [2.75, 3.05) is 7.11 Å². The molecule has 0 bridgehead atoms. The minimum Gasteiger partial charge on any atom is -0.503 e. The maximum Gasteiger partial charge on any atom is 0.271 e. The molecule has 0 aromatic heterocycles. The van der Waals surface area contributed by atoms with Crippen LogP contribution < -0.4 is 10.2 Å². The molecule has 0 saturated carbocycles. The van der Waals surface area contributed by atoms with E-state index in [4.69, 9.17) is 16.3 Å². The summed E-state index contributed by atoms with van der Waals surface area (Å²) in [5, 5.41) is 13.6. The van der Waals surface area contributed by atoms with E-state index in [2.05, 4.69) is 10.5 Å². The zero-order chi connectivity index (χ0) is 15.2. The summed E-state index contributed by atoms with van der Waals surface area (Å²) in [7, 11) is 1.42. The number of carbonyl (C=O) groups is 1. The SMILES string of the molecule is COc1cc(C=NNC(=O)c2ccccc2)cc(Cl)c1O. The van der Waals surface area contributed by atoms with Gasteiger partial charge >= 0.3 is 0 Å². The predicted molar refractivity (Wildman–Crippen MR) is 81.2 cm³/mol. The van der Waals surface area contributed by atoms with E-state index in [1.807, 2.05) is 6.07 Å². The van der Waals surface area contributed by atoms with Crippen molar-refractivity contribution in [1.82, 2.24) is 5.43 Å². The van der Waals surface area contributed by atoms with Crippen molar-refractivity contribution in [2.45, 2.75) is 0 Å². The monoisotopic (exact) mass is 304 g/mol. The van der Waals surface area contributed by atoms with E-state index in [0.717, 1.165) is 0 Å². The Morgan fingerprint density at radius 2 is 2.05 bits per heavy atom. The van der Waals surface area contributed by atoms with E-state index in [1.54, 1.807) is 30.3 Å².